The van der Waals surface area contributed by atoms with E-state index < -0.39 is 0 Å². The van der Waals surface area contributed by atoms with Crippen molar-refractivity contribution in [2.45, 2.75) is 31.1 Å². The predicted octanol–water partition coefficient (Wildman–Crippen LogP) is 1.51. The molecule has 0 saturated carbocycles. The van der Waals surface area contributed by atoms with Crippen LogP contribution in [-0.2, 0) is 4.74 Å². The van der Waals surface area contributed by atoms with E-state index in [-0.39, 0.29) is 0 Å². The Kier molecular flexibility index (Phi) is 5.04. The molecule has 12 heavy (non-hydrogen) atoms. The summed E-state index contributed by atoms with van der Waals surface area (Å²) in [6, 6.07) is 0.752. The molecule has 3 heteroatoms. The molecular formula is C9H19NOS. The van der Waals surface area contributed by atoms with E-state index in [0.717, 1.165) is 24.4 Å². The molecular weight excluding hydrogens is 170 g/mol. The number of methoxy groups -OCH3 is 1. The molecule has 1 rings (SSSR count). The summed E-state index contributed by atoms with van der Waals surface area (Å²) in [5, 5.41) is 4.32. The quantitative estimate of drug-likeness (QED) is 0.708. The van der Waals surface area contributed by atoms with Crippen LogP contribution in [0.4, 0.5) is 0 Å². The number of hydrogen-bond acceptors (Lipinski definition) is 3. The highest BCUT2D eigenvalue weighted by atomic mass is 32.2. The van der Waals surface area contributed by atoms with E-state index in [4.69, 9.17) is 4.74 Å². The van der Waals surface area contributed by atoms with Gasteiger partial charge in [-0.25, -0.2) is 0 Å². The van der Waals surface area contributed by atoms with Crippen LogP contribution in [0, 0.1) is 0 Å². The van der Waals surface area contributed by atoms with Gasteiger partial charge in [-0.3, -0.25) is 0 Å². The first-order chi connectivity index (χ1) is 5.86. The van der Waals surface area contributed by atoms with Crippen LogP contribution in [0.1, 0.15) is 19.8 Å². The molecule has 0 aromatic carbocycles. The monoisotopic (exact) mass is 189 g/mol. The van der Waals surface area contributed by atoms with Gasteiger partial charge < -0.3 is 10.1 Å². The number of ether oxygens (including phenoxy) is 1. The number of rotatable bonds is 5. The Morgan fingerprint density at radius 3 is 3.08 bits per heavy atom. The molecule has 2 unspecified atom stereocenters. The van der Waals surface area contributed by atoms with E-state index in [0.29, 0.717) is 0 Å². The van der Waals surface area contributed by atoms with Crippen LogP contribution in [0.5, 0.6) is 0 Å². The Hall–Kier alpha value is 0.270. The van der Waals surface area contributed by atoms with Crippen molar-refractivity contribution < 1.29 is 4.74 Å². The Labute approximate surface area is 79.4 Å². The summed E-state index contributed by atoms with van der Waals surface area (Å²) in [4.78, 5) is 0. The fourth-order valence-electron chi connectivity index (χ4n) is 1.59. The van der Waals surface area contributed by atoms with E-state index in [1.807, 2.05) is 0 Å². The van der Waals surface area contributed by atoms with Gasteiger partial charge in [-0.05, 0) is 19.4 Å². The van der Waals surface area contributed by atoms with E-state index >= 15 is 0 Å². The second-order valence-corrected chi connectivity index (χ2v) is 4.56. The average molecular weight is 189 g/mol. The highest BCUT2D eigenvalue weighted by molar-refractivity contribution is 8.00. The number of thioether (sulfide) groups is 1. The lowest BCUT2D eigenvalue weighted by Gasteiger charge is -2.09. The van der Waals surface area contributed by atoms with Crippen molar-refractivity contribution in [2.75, 3.05) is 26.0 Å². The molecule has 0 aromatic rings. The van der Waals surface area contributed by atoms with Gasteiger partial charge in [0.25, 0.3) is 0 Å². The second kappa shape index (κ2) is 5.84. The molecule has 0 bridgehead atoms. The molecule has 2 atom stereocenters. The zero-order valence-electron chi connectivity index (χ0n) is 8.01. The van der Waals surface area contributed by atoms with Crippen molar-refractivity contribution in [1.82, 2.24) is 5.32 Å². The van der Waals surface area contributed by atoms with E-state index in [1.54, 1.807) is 7.11 Å². The Bertz CT molecular complexity index is 121. The standard InChI is InChI=1S/C9H19NOS/c1-3-10-8-6-9(12-7-8)4-5-11-2/h8-10H,3-7H2,1-2H3. The summed E-state index contributed by atoms with van der Waals surface area (Å²) < 4.78 is 5.07. The molecule has 1 aliphatic rings. The van der Waals surface area contributed by atoms with Crippen molar-refractivity contribution in [3.8, 4) is 0 Å². The maximum absolute atomic E-state index is 5.07. The van der Waals surface area contributed by atoms with Gasteiger partial charge in [-0.1, -0.05) is 6.92 Å². The third-order valence-corrected chi connectivity index (χ3v) is 3.71. The zero-order chi connectivity index (χ0) is 8.81. The van der Waals surface area contributed by atoms with E-state index in [9.17, 15) is 0 Å². The molecule has 1 heterocycles. The predicted molar refractivity (Wildman–Crippen MR) is 54.8 cm³/mol. The Morgan fingerprint density at radius 1 is 1.58 bits per heavy atom. The summed E-state index contributed by atoms with van der Waals surface area (Å²) in [6.07, 6.45) is 2.53. The molecule has 0 amide bonds. The third-order valence-electron chi connectivity index (χ3n) is 2.22. The summed E-state index contributed by atoms with van der Waals surface area (Å²) in [6.45, 7) is 4.19. The van der Waals surface area contributed by atoms with Crippen molar-refractivity contribution in [3.63, 3.8) is 0 Å². The lowest BCUT2D eigenvalue weighted by atomic mass is 10.1. The molecule has 0 radical (unpaired) electrons. The molecule has 0 aliphatic carbocycles. The third kappa shape index (κ3) is 3.33. The van der Waals surface area contributed by atoms with Crippen LogP contribution >= 0.6 is 11.8 Å². The van der Waals surface area contributed by atoms with Crippen molar-refractivity contribution >= 4 is 11.8 Å². The van der Waals surface area contributed by atoms with Gasteiger partial charge in [0.1, 0.15) is 0 Å². The molecule has 0 spiro atoms. The van der Waals surface area contributed by atoms with E-state index in [2.05, 4.69) is 24.0 Å². The topological polar surface area (TPSA) is 21.3 Å². The molecule has 2 nitrogen and oxygen atoms in total. The van der Waals surface area contributed by atoms with Gasteiger partial charge in [-0.2, -0.15) is 11.8 Å². The number of nitrogens with one attached hydrogen (secondary N) is 1. The summed E-state index contributed by atoms with van der Waals surface area (Å²) in [5.41, 5.74) is 0. The van der Waals surface area contributed by atoms with Crippen molar-refractivity contribution in [1.29, 1.82) is 0 Å². The van der Waals surface area contributed by atoms with Crippen LogP contribution < -0.4 is 5.32 Å². The van der Waals surface area contributed by atoms with Gasteiger partial charge in [-0.15, -0.1) is 0 Å². The maximum Gasteiger partial charge on any atom is 0.0472 e. The first-order valence-electron chi connectivity index (χ1n) is 4.70. The normalized spacial score (nSPS) is 29.5. The molecule has 1 saturated heterocycles. The smallest absolute Gasteiger partial charge is 0.0472 e. The minimum atomic E-state index is 0.752. The lowest BCUT2D eigenvalue weighted by Crippen LogP contribution is -2.28. The molecule has 72 valence electrons. The van der Waals surface area contributed by atoms with Crippen LogP contribution in [0.15, 0.2) is 0 Å². The minimum absolute atomic E-state index is 0.752. The maximum atomic E-state index is 5.07. The Balaban J connectivity index is 2.08. The van der Waals surface area contributed by atoms with Crippen LogP contribution in [0.25, 0.3) is 0 Å². The average Bonchev–Trinajstić information content (AvgIpc) is 2.50. The van der Waals surface area contributed by atoms with Crippen molar-refractivity contribution in [3.05, 3.63) is 0 Å². The largest absolute Gasteiger partial charge is 0.385 e. The summed E-state index contributed by atoms with van der Waals surface area (Å²) >= 11 is 2.09. The fourth-order valence-corrected chi connectivity index (χ4v) is 2.98. The van der Waals surface area contributed by atoms with Gasteiger partial charge in [0.15, 0.2) is 0 Å². The molecule has 0 aromatic heterocycles. The van der Waals surface area contributed by atoms with Gasteiger partial charge in [0.2, 0.25) is 0 Å². The highest BCUT2D eigenvalue weighted by Crippen LogP contribution is 2.28. The van der Waals surface area contributed by atoms with Gasteiger partial charge >= 0.3 is 0 Å². The second-order valence-electron chi connectivity index (χ2n) is 3.23. The van der Waals surface area contributed by atoms with E-state index in [1.165, 1.54) is 18.6 Å². The summed E-state index contributed by atoms with van der Waals surface area (Å²) in [7, 11) is 1.78. The van der Waals surface area contributed by atoms with Gasteiger partial charge in [0.05, 0.1) is 0 Å². The Morgan fingerprint density at radius 2 is 2.42 bits per heavy atom. The zero-order valence-corrected chi connectivity index (χ0v) is 8.82. The van der Waals surface area contributed by atoms with Crippen LogP contribution in [0.2, 0.25) is 0 Å². The fraction of sp³-hybridized carbons (Fsp3) is 1.00. The highest BCUT2D eigenvalue weighted by Gasteiger charge is 2.23. The first-order valence-corrected chi connectivity index (χ1v) is 5.75. The SMILES string of the molecule is CCNC1CSC(CCOC)C1. The molecule has 1 N–H and O–H groups in total. The lowest BCUT2D eigenvalue weighted by molar-refractivity contribution is 0.193. The van der Waals surface area contributed by atoms with Crippen molar-refractivity contribution in [2.24, 2.45) is 0 Å². The minimum Gasteiger partial charge on any atom is -0.385 e. The van der Waals surface area contributed by atoms with Crippen LogP contribution in [0.3, 0.4) is 0 Å². The molecule has 1 aliphatic heterocycles. The molecule has 1 fully saturated rings. The summed E-state index contributed by atoms with van der Waals surface area (Å²) in [5.74, 6) is 1.28. The van der Waals surface area contributed by atoms with Gasteiger partial charge in [0, 0.05) is 30.8 Å². The van der Waals surface area contributed by atoms with Crippen LogP contribution in [-0.4, -0.2) is 37.3 Å². The first kappa shape index (κ1) is 10.4. The number of hydrogen-bond donors (Lipinski definition) is 1.